The van der Waals surface area contributed by atoms with Crippen LogP contribution in [0.1, 0.15) is 0 Å². The Morgan fingerprint density at radius 1 is 1.10 bits per heavy atom. The number of nitrogens with two attached hydrogens (primary N) is 1. The monoisotopic (exact) mass is 345 g/mol. The Bertz CT molecular complexity index is 769. The molecule has 0 fully saturated rings. The first-order chi connectivity index (χ1) is 10.2. The quantitative estimate of drug-likeness (QED) is 0.731. The van der Waals surface area contributed by atoms with Crippen molar-refractivity contribution in [3.05, 3.63) is 46.9 Å². The summed E-state index contributed by atoms with van der Waals surface area (Å²) in [5.41, 5.74) is 8.05. The Labute approximate surface area is 129 Å². The Morgan fingerprint density at radius 3 is 2.48 bits per heavy atom. The average Bonchev–Trinajstić information content (AvgIpc) is 2.98. The van der Waals surface area contributed by atoms with Crippen LogP contribution in [0.2, 0.25) is 0 Å². The van der Waals surface area contributed by atoms with Crippen LogP contribution in [0.3, 0.4) is 0 Å². The van der Waals surface area contributed by atoms with Crippen LogP contribution in [-0.2, 0) is 0 Å². The molecular weight excluding hydrogens is 334 g/mol. The number of rotatable bonds is 3. The van der Waals surface area contributed by atoms with E-state index < -0.39 is 0 Å². The van der Waals surface area contributed by atoms with E-state index in [0.717, 1.165) is 15.6 Å². The molecule has 3 aromatic rings. The number of aromatic nitrogens is 2. The van der Waals surface area contributed by atoms with Crippen LogP contribution in [0.15, 0.2) is 51.5 Å². The lowest BCUT2D eigenvalue weighted by Gasteiger charge is -2.04. The van der Waals surface area contributed by atoms with Crippen LogP contribution in [-0.4, -0.2) is 17.3 Å². The number of anilines is 1. The molecule has 106 valence electrons. The van der Waals surface area contributed by atoms with E-state index in [4.69, 9.17) is 15.0 Å². The zero-order valence-corrected chi connectivity index (χ0v) is 12.8. The summed E-state index contributed by atoms with van der Waals surface area (Å²) in [6, 6.07) is 13.0. The van der Waals surface area contributed by atoms with E-state index in [2.05, 4.69) is 26.1 Å². The second-order valence-corrected chi connectivity index (χ2v) is 5.30. The van der Waals surface area contributed by atoms with Crippen molar-refractivity contribution in [2.24, 2.45) is 0 Å². The fourth-order valence-electron chi connectivity index (χ4n) is 1.92. The van der Waals surface area contributed by atoms with Gasteiger partial charge in [0, 0.05) is 15.6 Å². The lowest BCUT2D eigenvalue weighted by Crippen LogP contribution is -1.92. The lowest BCUT2D eigenvalue weighted by molar-refractivity contribution is 0.416. The van der Waals surface area contributed by atoms with Gasteiger partial charge >= 0.3 is 0 Å². The van der Waals surface area contributed by atoms with Crippen LogP contribution < -0.4 is 10.5 Å². The van der Waals surface area contributed by atoms with Crippen molar-refractivity contribution in [2.75, 3.05) is 12.8 Å². The Morgan fingerprint density at radius 2 is 1.81 bits per heavy atom. The minimum atomic E-state index is 0.419. The van der Waals surface area contributed by atoms with Gasteiger partial charge < -0.3 is 15.0 Å². The van der Waals surface area contributed by atoms with Gasteiger partial charge in [0.2, 0.25) is 5.82 Å². The fourth-order valence-corrected chi connectivity index (χ4v) is 2.19. The van der Waals surface area contributed by atoms with Crippen molar-refractivity contribution < 1.29 is 9.26 Å². The minimum Gasteiger partial charge on any atom is -0.495 e. The van der Waals surface area contributed by atoms with Gasteiger partial charge in [-0.05, 0) is 42.5 Å². The molecule has 0 unspecified atom stereocenters. The molecule has 0 aliphatic heterocycles. The molecule has 5 nitrogen and oxygen atoms in total. The number of methoxy groups -OCH3 is 1. The zero-order valence-electron chi connectivity index (χ0n) is 11.2. The van der Waals surface area contributed by atoms with E-state index in [9.17, 15) is 0 Å². The lowest BCUT2D eigenvalue weighted by atomic mass is 10.2. The third kappa shape index (κ3) is 2.75. The van der Waals surface area contributed by atoms with Crippen molar-refractivity contribution in [2.45, 2.75) is 0 Å². The topological polar surface area (TPSA) is 74.2 Å². The van der Waals surface area contributed by atoms with Gasteiger partial charge in [-0.25, -0.2) is 0 Å². The summed E-state index contributed by atoms with van der Waals surface area (Å²) in [7, 11) is 1.57. The number of nitrogens with zero attached hydrogens (tertiary/aromatic N) is 2. The van der Waals surface area contributed by atoms with Gasteiger partial charge in [-0.15, -0.1) is 0 Å². The number of hydrogen-bond donors (Lipinski definition) is 1. The van der Waals surface area contributed by atoms with E-state index in [1.54, 1.807) is 19.2 Å². The number of nitrogen functional groups attached to an aromatic ring is 1. The normalized spacial score (nSPS) is 10.6. The van der Waals surface area contributed by atoms with Crippen LogP contribution in [0, 0.1) is 0 Å². The molecule has 0 spiro atoms. The molecule has 0 aliphatic rings. The van der Waals surface area contributed by atoms with E-state index in [1.165, 1.54) is 0 Å². The van der Waals surface area contributed by atoms with Crippen molar-refractivity contribution in [3.63, 3.8) is 0 Å². The maximum atomic E-state index is 5.88. The molecule has 0 bridgehead atoms. The van der Waals surface area contributed by atoms with Gasteiger partial charge in [0.1, 0.15) is 5.75 Å². The first-order valence-electron chi connectivity index (χ1n) is 6.21. The third-order valence-electron chi connectivity index (χ3n) is 3.01. The highest BCUT2D eigenvalue weighted by Crippen LogP contribution is 2.28. The summed E-state index contributed by atoms with van der Waals surface area (Å²) in [6.45, 7) is 0. The molecule has 1 heterocycles. The first-order valence-corrected chi connectivity index (χ1v) is 7.00. The molecule has 0 radical (unpaired) electrons. The van der Waals surface area contributed by atoms with Gasteiger partial charge in [0.25, 0.3) is 5.89 Å². The minimum absolute atomic E-state index is 0.419. The standard InChI is InChI=1S/C15H12BrN3O2/c1-20-13-7-4-10(8-12(13)17)15-18-14(19-21-15)9-2-5-11(16)6-3-9/h2-8H,17H2,1H3. The van der Waals surface area contributed by atoms with Gasteiger partial charge in [0.05, 0.1) is 12.8 Å². The largest absolute Gasteiger partial charge is 0.495 e. The van der Waals surface area contributed by atoms with Crippen LogP contribution >= 0.6 is 15.9 Å². The summed E-state index contributed by atoms with van der Waals surface area (Å²) in [4.78, 5) is 4.39. The summed E-state index contributed by atoms with van der Waals surface area (Å²) in [5, 5.41) is 3.99. The van der Waals surface area contributed by atoms with Crippen LogP contribution in [0.4, 0.5) is 5.69 Å². The average molecular weight is 346 g/mol. The number of hydrogen-bond acceptors (Lipinski definition) is 5. The van der Waals surface area contributed by atoms with Crippen LogP contribution in [0.25, 0.3) is 22.8 Å². The first kappa shape index (κ1) is 13.6. The van der Waals surface area contributed by atoms with E-state index in [-0.39, 0.29) is 0 Å². The van der Waals surface area contributed by atoms with Crippen LogP contribution in [0.5, 0.6) is 5.75 Å². The number of benzene rings is 2. The van der Waals surface area contributed by atoms with Gasteiger partial charge in [-0.2, -0.15) is 4.98 Å². The molecule has 0 aliphatic carbocycles. The summed E-state index contributed by atoms with van der Waals surface area (Å²) < 4.78 is 11.4. The molecule has 1 aromatic heterocycles. The summed E-state index contributed by atoms with van der Waals surface area (Å²) in [6.07, 6.45) is 0. The Balaban J connectivity index is 1.94. The van der Waals surface area contributed by atoms with Crippen molar-refractivity contribution in [1.82, 2.24) is 10.1 Å². The molecule has 0 saturated heterocycles. The van der Waals surface area contributed by atoms with Crippen molar-refractivity contribution in [1.29, 1.82) is 0 Å². The number of halogens is 1. The van der Waals surface area contributed by atoms with Gasteiger partial charge in [-0.3, -0.25) is 0 Å². The van der Waals surface area contributed by atoms with E-state index in [0.29, 0.717) is 23.2 Å². The summed E-state index contributed by atoms with van der Waals surface area (Å²) >= 11 is 3.39. The molecule has 3 rings (SSSR count). The molecule has 0 atom stereocenters. The highest BCUT2D eigenvalue weighted by Gasteiger charge is 2.12. The van der Waals surface area contributed by atoms with Crippen molar-refractivity contribution in [3.8, 4) is 28.6 Å². The second-order valence-electron chi connectivity index (χ2n) is 4.39. The highest BCUT2D eigenvalue weighted by molar-refractivity contribution is 9.10. The maximum Gasteiger partial charge on any atom is 0.258 e. The molecule has 2 N–H and O–H groups in total. The Kier molecular flexibility index (Phi) is 3.62. The van der Waals surface area contributed by atoms with E-state index in [1.807, 2.05) is 30.3 Å². The third-order valence-corrected chi connectivity index (χ3v) is 3.53. The second kappa shape index (κ2) is 5.57. The molecule has 0 saturated carbocycles. The van der Waals surface area contributed by atoms with Gasteiger partial charge in [-0.1, -0.05) is 21.1 Å². The van der Waals surface area contributed by atoms with Crippen molar-refractivity contribution >= 4 is 21.6 Å². The zero-order chi connectivity index (χ0) is 14.8. The fraction of sp³-hybridized carbons (Fsp3) is 0.0667. The highest BCUT2D eigenvalue weighted by atomic mass is 79.9. The maximum absolute atomic E-state index is 5.88. The predicted octanol–water partition coefficient (Wildman–Crippen LogP) is 3.76. The SMILES string of the molecule is COc1ccc(-c2nc(-c3ccc(Br)cc3)no2)cc1N. The molecule has 6 heteroatoms. The van der Waals surface area contributed by atoms with E-state index >= 15 is 0 Å². The summed E-state index contributed by atoms with van der Waals surface area (Å²) in [5.74, 6) is 1.57. The number of ether oxygens (including phenoxy) is 1. The predicted molar refractivity (Wildman–Crippen MR) is 83.8 cm³/mol. The molecule has 21 heavy (non-hydrogen) atoms. The molecule has 2 aromatic carbocycles. The Hall–Kier alpha value is -2.34. The molecule has 0 amide bonds. The van der Waals surface area contributed by atoms with Gasteiger partial charge in [0.15, 0.2) is 0 Å². The smallest absolute Gasteiger partial charge is 0.258 e. The molecular formula is C15H12BrN3O2.